The minimum Gasteiger partial charge on any atom is -0.299 e. The Labute approximate surface area is 152 Å². The van der Waals surface area contributed by atoms with E-state index in [1.54, 1.807) is 19.2 Å². The molecule has 0 amide bonds. The summed E-state index contributed by atoms with van der Waals surface area (Å²) >= 11 is 0. The zero-order valence-electron chi connectivity index (χ0n) is 15.6. The molecule has 3 rings (SSSR count). The number of hydrogen-bond donors (Lipinski definition) is 0. The van der Waals surface area contributed by atoms with Crippen molar-refractivity contribution in [2.75, 3.05) is 13.1 Å². The number of aryl methyl sites for hydroxylation is 1. The highest BCUT2D eigenvalue weighted by molar-refractivity contribution is 6.09. The van der Waals surface area contributed by atoms with Crippen LogP contribution in [0.3, 0.4) is 0 Å². The van der Waals surface area contributed by atoms with E-state index in [2.05, 4.69) is 4.90 Å². The maximum absolute atomic E-state index is 13.1. The van der Waals surface area contributed by atoms with Crippen LogP contribution in [0.15, 0.2) is 33.9 Å². The van der Waals surface area contributed by atoms with Crippen LogP contribution in [0.2, 0.25) is 0 Å². The van der Waals surface area contributed by atoms with Gasteiger partial charge in [0.1, 0.15) is 5.56 Å². The van der Waals surface area contributed by atoms with Gasteiger partial charge in [-0.25, -0.2) is 4.79 Å². The molecule has 26 heavy (non-hydrogen) atoms. The summed E-state index contributed by atoms with van der Waals surface area (Å²) in [6.45, 7) is 4.22. The van der Waals surface area contributed by atoms with Gasteiger partial charge in [0.2, 0.25) is 0 Å². The number of likely N-dealkylation sites (tertiary alicyclic amines) is 1. The van der Waals surface area contributed by atoms with E-state index in [-0.39, 0.29) is 11.3 Å². The van der Waals surface area contributed by atoms with Gasteiger partial charge in [0.25, 0.3) is 5.56 Å². The molecule has 1 aliphatic heterocycles. The highest BCUT2D eigenvalue weighted by Gasteiger charge is 2.24. The molecule has 1 fully saturated rings. The largest absolute Gasteiger partial charge is 0.330 e. The lowest BCUT2D eigenvalue weighted by Crippen LogP contribution is -2.44. The third-order valence-corrected chi connectivity index (χ3v) is 5.15. The van der Waals surface area contributed by atoms with Gasteiger partial charge in [0.15, 0.2) is 5.78 Å². The third kappa shape index (κ3) is 3.42. The Bertz CT molecular complexity index is 932. The first kappa shape index (κ1) is 18.3. The zero-order chi connectivity index (χ0) is 18.8. The molecular formula is C20H25N3O3. The van der Waals surface area contributed by atoms with E-state index in [4.69, 9.17) is 0 Å². The van der Waals surface area contributed by atoms with Crippen LogP contribution >= 0.6 is 0 Å². The molecule has 0 radical (unpaired) electrons. The predicted octanol–water partition coefficient (Wildman–Crippen LogP) is 1.61. The number of aromatic nitrogens is 2. The Morgan fingerprint density at radius 1 is 0.962 bits per heavy atom. The molecule has 6 nitrogen and oxygen atoms in total. The predicted molar refractivity (Wildman–Crippen MR) is 101 cm³/mol. The van der Waals surface area contributed by atoms with Crippen molar-refractivity contribution in [3.05, 3.63) is 67.5 Å². The SMILES string of the molecule is Cc1ccc(C(=O)c2c(CN3CCCCC3)n(C)c(=O)n(C)c2=O)cc1. The van der Waals surface area contributed by atoms with Crippen LogP contribution in [-0.4, -0.2) is 32.9 Å². The molecule has 2 aromatic rings. The molecule has 0 aliphatic carbocycles. The summed E-state index contributed by atoms with van der Waals surface area (Å²) in [5.41, 5.74) is 1.19. The van der Waals surface area contributed by atoms with E-state index < -0.39 is 11.2 Å². The first-order valence-corrected chi connectivity index (χ1v) is 9.02. The van der Waals surface area contributed by atoms with Crippen LogP contribution < -0.4 is 11.2 Å². The maximum atomic E-state index is 13.1. The number of ketones is 1. The third-order valence-electron chi connectivity index (χ3n) is 5.15. The van der Waals surface area contributed by atoms with Crippen molar-refractivity contribution in [1.29, 1.82) is 0 Å². The fourth-order valence-corrected chi connectivity index (χ4v) is 3.48. The Hall–Kier alpha value is -2.47. The second-order valence-corrected chi connectivity index (χ2v) is 7.06. The molecule has 138 valence electrons. The molecule has 6 heteroatoms. The fourth-order valence-electron chi connectivity index (χ4n) is 3.48. The summed E-state index contributed by atoms with van der Waals surface area (Å²) in [6.07, 6.45) is 3.39. The average molecular weight is 355 g/mol. The number of carbonyl (C=O) groups excluding carboxylic acids is 1. The summed E-state index contributed by atoms with van der Waals surface area (Å²) in [5, 5.41) is 0. The molecule has 0 bridgehead atoms. The Kier molecular flexibility index (Phi) is 5.23. The van der Waals surface area contributed by atoms with E-state index in [1.807, 2.05) is 19.1 Å². The lowest BCUT2D eigenvalue weighted by atomic mass is 10.0. The molecule has 2 heterocycles. The average Bonchev–Trinajstić information content (AvgIpc) is 2.65. The second-order valence-electron chi connectivity index (χ2n) is 7.06. The summed E-state index contributed by atoms with van der Waals surface area (Å²) in [5.74, 6) is -0.326. The number of nitrogens with zero attached hydrogens (tertiary/aromatic N) is 3. The van der Waals surface area contributed by atoms with E-state index >= 15 is 0 Å². The number of carbonyl (C=O) groups is 1. The van der Waals surface area contributed by atoms with Gasteiger partial charge in [-0.3, -0.25) is 23.6 Å². The zero-order valence-corrected chi connectivity index (χ0v) is 15.6. The summed E-state index contributed by atoms with van der Waals surface area (Å²) in [4.78, 5) is 40.5. The summed E-state index contributed by atoms with van der Waals surface area (Å²) in [6, 6.07) is 7.16. The molecule has 1 saturated heterocycles. The molecule has 1 aliphatic rings. The minimum atomic E-state index is -0.523. The summed E-state index contributed by atoms with van der Waals surface area (Å²) < 4.78 is 2.46. The number of rotatable bonds is 4. The van der Waals surface area contributed by atoms with Crippen LogP contribution in [0.25, 0.3) is 0 Å². The van der Waals surface area contributed by atoms with Crippen molar-refractivity contribution in [3.63, 3.8) is 0 Å². The summed E-state index contributed by atoms with van der Waals surface area (Å²) in [7, 11) is 3.05. The van der Waals surface area contributed by atoms with E-state index in [0.717, 1.165) is 36.1 Å². The normalized spacial score (nSPS) is 15.2. The quantitative estimate of drug-likeness (QED) is 0.782. The van der Waals surface area contributed by atoms with Crippen molar-refractivity contribution in [3.8, 4) is 0 Å². The number of hydrogen-bond acceptors (Lipinski definition) is 4. The monoisotopic (exact) mass is 355 g/mol. The topological polar surface area (TPSA) is 64.3 Å². The standard InChI is InChI=1S/C20H25N3O3/c1-14-7-9-15(10-8-14)18(24)17-16(13-23-11-5-4-6-12-23)21(2)20(26)22(3)19(17)25/h7-10H,4-6,11-13H2,1-3H3. The van der Waals surface area contributed by atoms with Crippen molar-refractivity contribution in [1.82, 2.24) is 14.0 Å². The van der Waals surface area contributed by atoms with Crippen LogP contribution in [0, 0.1) is 6.92 Å². The van der Waals surface area contributed by atoms with Crippen LogP contribution in [-0.2, 0) is 20.6 Å². The molecule has 1 aromatic carbocycles. The molecular weight excluding hydrogens is 330 g/mol. The highest BCUT2D eigenvalue weighted by atomic mass is 16.2. The van der Waals surface area contributed by atoms with Gasteiger partial charge < -0.3 is 0 Å². The minimum absolute atomic E-state index is 0.101. The highest BCUT2D eigenvalue weighted by Crippen LogP contribution is 2.16. The van der Waals surface area contributed by atoms with E-state index in [1.165, 1.54) is 18.0 Å². The van der Waals surface area contributed by atoms with Gasteiger partial charge >= 0.3 is 5.69 Å². The van der Waals surface area contributed by atoms with Gasteiger partial charge in [-0.1, -0.05) is 36.2 Å². The van der Waals surface area contributed by atoms with E-state index in [0.29, 0.717) is 17.8 Å². The lowest BCUT2D eigenvalue weighted by molar-refractivity contribution is 0.103. The molecule has 0 atom stereocenters. The number of benzene rings is 1. The fraction of sp³-hybridized carbons (Fsp3) is 0.450. The van der Waals surface area contributed by atoms with Crippen molar-refractivity contribution in [2.45, 2.75) is 32.7 Å². The van der Waals surface area contributed by atoms with Crippen molar-refractivity contribution in [2.24, 2.45) is 14.1 Å². The van der Waals surface area contributed by atoms with Crippen LogP contribution in [0.5, 0.6) is 0 Å². The number of piperidine rings is 1. The van der Waals surface area contributed by atoms with Gasteiger partial charge in [-0.2, -0.15) is 0 Å². The Morgan fingerprint density at radius 2 is 1.58 bits per heavy atom. The molecule has 0 N–H and O–H groups in total. The Morgan fingerprint density at radius 3 is 2.19 bits per heavy atom. The molecule has 1 aromatic heterocycles. The van der Waals surface area contributed by atoms with E-state index in [9.17, 15) is 14.4 Å². The molecule has 0 spiro atoms. The molecule has 0 unspecified atom stereocenters. The lowest BCUT2D eigenvalue weighted by Gasteiger charge is -2.28. The van der Waals surface area contributed by atoms with Gasteiger partial charge in [0, 0.05) is 26.2 Å². The van der Waals surface area contributed by atoms with Crippen LogP contribution in [0.4, 0.5) is 0 Å². The van der Waals surface area contributed by atoms with Crippen LogP contribution in [0.1, 0.15) is 46.4 Å². The van der Waals surface area contributed by atoms with Crippen molar-refractivity contribution >= 4 is 5.78 Å². The van der Waals surface area contributed by atoms with Gasteiger partial charge in [0.05, 0.1) is 5.69 Å². The first-order valence-electron chi connectivity index (χ1n) is 9.02. The first-order chi connectivity index (χ1) is 12.4. The van der Waals surface area contributed by atoms with Gasteiger partial charge in [-0.05, 0) is 32.9 Å². The van der Waals surface area contributed by atoms with Crippen molar-refractivity contribution < 1.29 is 4.79 Å². The Balaban J connectivity index is 2.12. The van der Waals surface area contributed by atoms with Gasteiger partial charge in [-0.15, -0.1) is 0 Å². The second kappa shape index (κ2) is 7.41. The molecule has 0 saturated carbocycles. The maximum Gasteiger partial charge on any atom is 0.330 e. The smallest absolute Gasteiger partial charge is 0.299 e.